The SMILES string of the molecule is Cn1cncc2nc3ccccc3c1-2. The fourth-order valence-electron chi connectivity index (χ4n) is 1.81. The Kier molecular flexibility index (Phi) is 1.36. The third-order valence-electron chi connectivity index (χ3n) is 2.43. The molecule has 0 radical (unpaired) electrons. The third-order valence-corrected chi connectivity index (χ3v) is 2.43. The van der Waals surface area contributed by atoms with Gasteiger partial charge in [0.25, 0.3) is 0 Å². The molecule has 2 aliphatic heterocycles. The summed E-state index contributed by atoms with van der Waals surface area (Å²) in [4.78, 5) is 8.60. The molecule has 3 heteroatoms. The molecule has 0 aromatic heterocycles. The highest BCUT2D eigenvalue weighted by Gasteiger charge is 2.12. The maximum atomic E-state index is 4.49. The summed E-state index contributed by atoms with van der Waals surface area (Å²) in [6.07, 6.45) is 3.60. The van der Waals surface area contributed by atoms with Gasteiger partial charge in [-0.3, -0.25) is 0 Å². The minimum absolute atomic E-state index is 0.955. The predicted molar refractivity (Wildman–Crippen MR) is 55.1 cm³/mol. The van der Waals surface area contributed by atoms with Gasteiger partial charge in [0, 0.05) is 12.4 Å². The van der Waals surface area contributed by atoms with E-state index in [-0.39, 0.29) is 0 Å². The van der Waals surface area contributed by atoms with Crippen LogP contribution in [0.5, 0.6) is 0 Å². The standard InChI is InChI=1S/C11H9N3/c1-14-7-12-6-10-11(14)8-4-2-3-5-9(8)13-10/h2-7H,1H3. The summed E-state index contributed by atoms with van der Waals surface area (Å²) in [5.41, 5.74) is 3.14. The van der Waals surface area contributed by atoms with Gasteiger partial charge in [-0.25, -0.2) is 9.97 Å². The molecule has 0 saturated carbocycles. The lowest BCUT2D eigenvalue weighted by Gasteiger charge is -2.04. The number of rotatable bonds is 0. The number of nitrogens with zero attached hydrogens (tertiary/aromatic N) is 3. The minimum atomic E-state index is 0.955. The second kappa shape index (κ2) is 2.54. The summed E-state index contributed by atoms with van der Waals surface area (Å²) in [7, 11) is 1.99. The van der Waals surface area contributed by atoms with Gasteiger partial charge in [-0.15, -0.1) is 0 Å². The first-order valence-electron chi connectivity index (χ1n) is 4.51. The molecular weight excluding hydrogens is 174 g/mol. The Labute approximate surface area is 81.4 Å². The largest absolute Gasteiger partial charge is 0.333 e. The first-order chi connectivity index (χ1) is 6.86. The third kappa shape index (κ3) is 0.865. The number of benzene rings is 1. The Morgan fingerprint density at radius 2 is 2.07 bits per heavy atom. The van der Waals surface area contributed by atoms with Crippen molar-refractivity contribution in [1.29, 1.82) is 0 Å². The molecule has 0 N–H and O–H groups in total. The summed E-state index contributed by atoms with van der Waals surface area (Å²) in [6, 6.07) is 8.14. The van der Waals surface area contributed by atoms with Crippen LogP contribution in [0.2, 0.25) is 0 Å². The maximum absolute atomic E-state index is 4.49. The van der Waals surface area contributed by atoms with E-state index in [9.17, 15) is 0 Å². The Morgan fingerprint density at radius 1 is 1.21 bits per heavy atom. The van der Waals surface area contributed by atoms with Gasteiger partial charge in [-0.05, 0) is 6.07 Å². The molecule has 3 rings (SSSR count). The normalized spacial score (nSPS) is 11.2. The highest BCUT2D eigenvalue weighted by molar-refractivity contribution is 5.95. The zero-order chi connectivity index (χ0) is 9.54. The summed E-state index contributed by atoms with van der Waals surface area (Å²) >= 11 is 0. The topological polar surface area (TPSA) is 30.7 Å². The lowest BCUT2D eigenvalue weighted by Crippen LogP contribution is -1.96. The van der Waals surface area contributed by atoms with Crippen molar-refractivity contribution in [2.75, 3.05) is 0 Å². The van der Waals surface area contributed by atoms with Crippen LogP contribution in [-0.4, -0.2) is 14.5 Å². The van der Waals surface area contributed by atoms with Gasteiger partial charge in [-0.1, -0.05) is 18.2 Å². The van der Waals surface area contributed by atoms with E-state index in [1.807, 2.05) is 29.8 Å². The lowest BCUT2D eigenvalue weighted by molar-refractivity contribution is 0.875. The highest BCUT2D eigenvalue weighted by atomic mass is 15.0. The summed E-state index contributed by atoms with van der Waals surface area (Å²) in [5.74, 6) is 0. The maximum Gasteiger partial charge on any atom is 0.106 e. The quantitative estimate of drug-likeness (QED) is 0.534. The number of para-hydroxylation sites is 1. The van der Waals surface area contributed by atoms with Crippen molar-refractivity contribution in [3.63, 3.8) is 0 Å². The molecule has 3 nitrogen and oxygen atoms in total. The first kappa shape index (κ1) is 7.50. The van der Waals surface area contributed by atoms with Crippen LogP contribution in [0.4, 0.5) is 0 Å². The van der Waals surface area contributed by atoms with Crippen molar-refractivity contribution in [2.45, 2.75) is 0 Å². The Balaban J connectivity index is 2.57. The van der Waals surface area contributed by atoms with Crippen molar-refractivity contribution in [3.8, 4) is 11.4 Å². The van der Waals surface area contributed by atoms with Crippen LogP contribution in [0.25, 0.3) is 22.3 Å². The molecule has 1 aromatic rings. The van der Waals surface area contributed by atoms with E-state index in [0.29, 0.717) is 0 Å². The van der Waals surface area contributed by atoms with Crippen LogP contribution in [0.1, 0.15) is 0 Å². The molecule has 0 spiro atoms. The zero-order valence-corrected chi connectivity index (χ0v) is 7.81. The summed E-state index contributed by atoms with van der Waals surface area (Å²) < 4.78 is 2.00. The molecule has 0 bridgehead atoms. The Hall–Kier alpha value is -1.90. The van der Waals surface area contributed by atoms with Crippen LogP contribution in [0.15, 0.2) is 36.8 Å². The van der Waals surface area contributed by atoms with E-state index in [2.05, 4.69) is 16.0 Å². The van der Waals surface area contributed by atoms with E-state index in [0.717, 1.165) is 16.9 Å². The summed E-state index contributed by atoms with van der Waals surface area (Å²) in [6.45, 7) is 0. The molecule has 68 valence electrons. The van der Waals surface area contributed by atoms with Crippen LogP contribution < -0.4 is 0 Å². The molecule has 2 heterocycles. The highest BCUT2D eigenvalue weighted by Crippen LogP contribution is 2.28. The average molecular weight is 183 g/mol. The van der Waals surface area contributed by atoms with Gasteiger partial charge in [0.05, 0.1) is 23.7 Å². The zero-order valence-electron chi connectivity index (χ0n) is 7.81. The van der Waals surface area contributed by atoms with E-state index in [4.69, 9.17) is 0 Å². The van der Waals surface area contributed by atoms with Crippen LogP contribution in [0.3, 0.4) is 0 Å². The molecule has 1 aromatic carbocycles. The predicted octanol–water partition coefficient (Wildman–Crippen LogP) is 2.07. The number of aryl methyl sites for hydroxylation is 1. The molecule has 0 aliphatic carbocycles. The van der Waals surface area contributed by atoms with Gasteiger partial charge in [0.1, 0.15) is 5.69 Å². The molecule has 0 saturated heterocycles. The average Bonchev–Trinajstić information content (AvgIpc) is 2.57. The molecule has 14 heavy (non-hydrogen) atoms. The molecule has 0 atom stereocenters. The fourth-order valence-corrected chi connectivity index (χ4v) is 1.81. The van der Waals surface area contributed by atoms with Crippen molar-refractivity contribution in [2.24, 2.45) is 7.05 Å². The second-order valence-electron chi connectivity index (χ2n) is 3.37. The second-order valence-corrected chi connectivity index (χ2v) is 3.37. The Bertz CT molecular complexity index is 568. The fraction of sp³-hybridized carbons (Fsp3) is 0.0909. The first-order valence-corrected chi connectivity index (χ1v) is 4.51. The van der Waals surface area contributed by atoms with Crippen molar-refractivity contribution in [1.82, 2.24) is 14.5 Å². The van der Waals surface area contributed by atoms with Gasteiger partial charge < -0.3 is 4.57 Å². The minimum Gasteiger partial charge on any atom is -0.333 e. The van der Waals surface area contributed by atoms with E-state index in [1.54, 1.807) is 12.5 Å². The molecule has 2 aliphatic rings. The number of hydrogen-bond acceptors (Lipinski definition) is 2. The van der Waals surface area contributed by atoms with Crippen molar-refractivity contribution < 1.29 is 0 Å². The molecule has 0 amide bonds. The van der Waals surface area contributed by atoms with Gasteiger partial charge >= 0.3 is 0 Å². The van der Waals surface area contributed by atoms with Crippen LogP contribution >= 0.6 is 0 Å². The summed E-state index contributed by atoms with van der Waals surface area (Å²) in [5, 5.41) is 1.19. The van der Waals surface area contributed by atoms with E-state index >= 15 is 0 Å². The van der Waals surface area contributed by atoms with E-state index in [1.165, 1.54) is 5.39 Å². The molecule has 0 fully saturated rings. The van der Waals surface area contributed by atoms with E-state index < -0.39 is 0 Å². The smallest absolute Gasteiger partial charge is 0.106 e. The molecular formula is C11H9N3. The van der Waals surface area contributed by atoms with Gasteiger partial charge in [0.15, 0.2) is 0 Å². The number of hydrogen-bond donors (Lipinski definition) is 0. The lowest BCUT2D eigenvalue weighted by atomic mass is 10.2. The van der Waals surface area contributed by atoms with Crippen LogP contribution in [0, 0.1) is 0 Å². The molecule has 0 unspecified atom stereocenters. The monoisotopic (exact) mass is 183 g/mol. The van der Waals surface area contributed by atoms with Gasteiger partial charge in [-0.2, -0.15) is 0 Å². The number of fused-ring (bicyclic) bond motifs is 3. The van der Waals surface area contributed by atoms with Gasteiger partial charge in [0.2, 0.25) is 0 Å². The van der Waals surface area contributed by atoms with Crippen molar-refractivity contribution in [3.05, 3.63) is 36.8 Å². The Morgan fingerprint density at radius 3 is 3.00 bits per heavy atom. The van der Waals surface area contributed by atoms with Crippen LogP contribution in [-0.2, 0) is 7.05 Å². The number of aromatic nitrogens is 3. The van der Waals surface area contributed by atoms with Crippen molar-refractivity contribution >= 4 is 10.9 Å².